The fourth-order valence-electron chi connectivity index (χ4n) is 4.08. The number of nitrogens with one attached hydrogen (secondary N) is 3. The van der Waals surface area contributed by atoms with Crippen LogP contribution in [0.25, 0.3) is 10.9 Å². The topological polar surface area (TPSA) is 99.2 Å². The number of amides is 1. The molecular formula is C27H26N4O3. The van der Waals surface area contributed by atoms with Crippen LogP contribution in [0.2, 0.25) is 0 Å². The first kappa shape index (κ1) is 22.7. The SMILES string of the molecule is COc1cccc(C(CNC(=O)CNc2ccc(C#N)cc2)c2c[nH]c3ccccc23)c1OC. The van der Waals surface area contributed by atoms with Gasteiger partial charge in [0.1, 0.15) is 0 Å². The van der Waals surface area contributed by atoms with Crippen molar-refractivity contribution in [3.63, 3.8) is 0 Å². The summed E-state index contributed by atoms with van der Waals surface area (Å²) in [5.41, 5.74) is 4.35. The molecule has 7 heteroatoms. The van der Waals surface area contributed by atoms with Crippen LogP contribution in [-0.4, -0.2) is 38.2 Å². The van der Waals surface area contributed by atoms with E-state index in [4.69, 9.17) is 14.7 Å². The predicted molar refractivity (Wildman–Crippen MR) is 132 cm³/mol. The molecule has 0 saturated heterocycles. The second-order valence-corrected chi connectivity index (χ2v) is 7.77. The Kier molecular flexibility index (Phi) is 6.99. The first-order chi connectivity index (χ1) is 16.6. The summed E-state index contributed by atoms with van der Waals surface area (Å²) in [7, 11) is 3.23. The number of carbonyl (C=O) groups excluding carboxylic acids is 1. The van der Waals surface area contributed by atoms with Gasteiger partial charge in [-0.2, -0.15) is 5.26 Å². The zero-order chi connectivity index (χ0) is 23.9. The fraction of sp³-hybridized carbons (Fsp3) is 0.185. The van der Waals surface area contributed by atoms with Crippen LogP contribution in [0, 0.1) is 11.3 Å². The van der Waals surface area contributed by atoms with Crippen molar-refractivity contribution >= 4 is 22.5 Å². The number of hydrogen-bond donors (Lipinski definition) is 3. The second kappa shape index (κ2) is 10.5. The number of para-hydroxylation sites is 2. The molecule has 0 radical (unpaired) electrons. The minimum atomic E-state index is -0.167. The van der Waals surface area contributed by atoms with Crippen LogP contribution in [0.3, 0.4) is 0 Å². The van der Waals surface area contributed by atoms with E-state index in [0.29, 0.717) is 23.6 Å². The van der Waals surface area contributed by atoms with Crippen LogP contribution in [0.1, 0.15) is 22.6 Å². The van der Waals surface area contributed by atoms with Crippen molar-refractivity contribution < 1.29 is 14.3 Å². The van der Waals surface area contributed by atoms with E-state index in [0.717, 1.165) is 27.7 Å². The number of H-pyrrole nitrogens is 1. The van der Waals surface area contributed by atoms with Gasteiger partial charge < -0.3 is 25.1 Å². The third-order valence-electron chi connectivity index (χ3n) is 5.78. The molecule has 1 aromatic heterocycles. The lowest BCUT2D eigenvalue weighted by molar-refractivity contribution is -0.119. The number of fused-ring (bicyclic) bond motifs is 1. The zero-order valence-electron chi connectivity index (χ0n) is 19.1. The third kappa shape index (κ3) is 4.81. The highest BCUT2D eigenvalue weighted by molar-refractivity contribution is 5.85. The Labute approximate surface area is 198 Å². The molecule has 0 bridgehead atoms. The Balaban J connectivity index is 1.57. The average molecular weight is 455 g/mol. The van der Waals surface area contributed by atoms with Crippen LogP contribution in [0.4, 0.5) is 5.69 Å². The molecule has 0 aliphatic rings. The van der Waals surface area contributed by atoms with Gasteiger partial charge in [-0.25, -0.2) is 0 Å². The maximum atomic E-state index is 12.7. The summed E-state index contributed by atoms with van der Waals surface area (Å²) in [6, 6.07) is 22.9. The number of rotatable bonds is 9. The number of hydrogen-bond acceptors (Lipinski definition) is 5. The molecule has 0 aliphatic heterocycles. The molecule has 0 aliphatic carbocycles. The molecule has 0 spiro atoms. The minimum absolute atomic E-state index is 0.113. The van der Waals surface area contributed by atoms with E-state index in [1.807, 2.05) is 42.6 Å². The van der Waals surface area contributed by atoms with Crippen LogP contribution < -0.4 is 20.1 Å². The van der Waals surface area contributed by atoms with E-state index in [1.165, 1.54) is 0 Å². The van der Waals surface area contributed by atoms with Gasteiger partial charge in [0.15, 0.2) is 11.5 Å². The second-order valence-electron chi connectivity index (χ2n) is 7.77. The predicted octanol–water partition coefficient (Wildman–Crippen LogP) is 4.42. The molecule has 3 N–H and O–H groups in total. The molecule has 3 aromatic carbocycles. The molecule has 1 atom stereocenters. The molecule has 1 amide bonds. The summed E-state index contributed by atoms with van der Waals surface area (Å²) in [4.78, 5) is 16.0. The highest BCUT2D eigenvalue weighted by atomic mass is 16.5. The summed E-state index contributed by atoms with van der Waals surface area (Å²) < 4.78 is 11.2. The number of anilines is 1. The molecule has 172 valence electrons. The van der Waals surface area contributed by atoms with Gasteiger partial charge in [-0.15, -0.1) is 0 Å². The Morgan fingerprint density at radius 1 is 1.00 bits per heavy atom. The number of benzene rings is 3. The number of aromatic amines is 1. The summed E-state index contributed by atoms with van der Waals surface area (Å²) in [5.74, 6) is 0.972. The number of aromatic nitrogens is 1. The van der Waals surface area contributed by atoms with E-state index in [9.17, 15) is 4.79 Å². The normalized spacial score (nSPS) is 11.4. The van der Waals surface area contributed by atoms with Crippen LogP contribution in [0.15, 0.2) is 72.9 Å². The molecule has 0 fully saturated rings. The number of nitrogens with zero attached hydrogens (tertiary/aromatic N) is 1. The van der Waals surface area contributed by atoms with E-state index < -0.39 is 0 Å². The summed E-state index contributed by atoms with van der Waals surface area (Å²) >= 11 is 0. The molecule has 4 aromatic rings. The van der Waals surface area contributed by atoms with Gasteiger partial charge in [-0.1, -0.05) is 30.3 Å². The number of ether oxygens (including phenoxy) is 2. The summed E-state index contributed by atoms with van der Waals surface area (Å²) in [5, 5.41) is 16.2. The van der Waals surface area contributed by atoms with E-state index >= 15 is 0 Å². The number of nitriles is 1. The zero-order valence-corrected chi connectivity index (χ0v) is 19.1. The lowest BCUT2D eigenvalue weighted by Crippen LogP contribution is -2.33. The van der Waals surface area contributed by atoms with Crippen molar-refractivity contribution in [2.24, 2.45) is 0 Å². The molecule has 34 heavy (non-hydrogen) atoms. The Morgan fingerprint density at radius 3 is 2.53 bits per heavy atom. The van der Waals surface area contributed by atoms with Gasteiger partial charge in [0, 0.05) is 40.8 Å². The van der Waals surface area contributed by atoms with Gasteiger partial charge in [0.25, 0.3) is 0 Å². The minimum Gasteiger partial charge on any atom is -0.493 e. The third-order valence-corrected chi connectivity index (χ3v) is 5.78. The summed E-state index contributed by atoms with van der Waals surface area (Å²) in [6.45, 7) is 0.487. The fourth-order valence-corrected chi connectivity index (χ4v) is 4.08. The molecule has 7 nitrogen and oxygen atoms in total. The first-order valence-electron chi connectivity index (χ1n) is 10.9. The van der Waals surface area contributed by atoms with Crippen LogP contribution in [-0.2, 0) is 4.79 Å². The molecule has 1 heterocycles. The molecule has 4 rings (SSSR count). The Bertz CT molecular complexity index is 1320. The Morgan fingerprint density at radius 2 is 1.79 bits per heavy atom. The Hall–Kier alpha value is -4.44. The number of carbonyl (C=O) groups is 1. The lowest BCUT2D eigenvalue weighted by Gasteiger charge is -2.22. The van der Waals surface area contributed by atoms with Gasteiger partial charge in [-0.05, 0) is 42.0 Å². The van der Waals surface area contributed by atoms with Crippen molar-refractivity contribution in [3.05, 3.63) is 89.6 Å². The largest absolute Gasteiger partial charge is 0.493 e. The highest BCUT2D eigenvalue weighted by Gasteiger charge is 2.24. The maximum Gasteiger partial charge on any atom is 0.239 e. The van der Waals surface area contributed by atoms with Crippen molar-refractivity contribution in [2.75, 3.05) is 32.6 Å². The molecule has 0 saturated carbocycles. The molecular weight excluding hydrogens is 428 g/mol. The van der Waals surface area contributed by atoms with Crippen molar-refractivity contribution in [1.82, 2.24) is 10.3 Å². The lowest BCUT2D eigenvalue weighted by atomic mass is 9.90. The van der Waals surface area contributed by atoms with Gasteiger partial charge in [-0.3, -0.25) is 4.79 Å². The van der Waals surface area contributed by atoms with Gasteiger partial charge in [0.2, 0.25) is 5.91 Å². The highest BCUT2D eigenvalue weighted by Crippen LogP contribution is 2.40. The monoisotopic (exact) mass is 454 g/mol. The van der Waals surface area contributed by atoms with Gasteiger partial charge in [0.05, 0.1) is 32.4 Å². The van der Waals surface area contributed by atoms with Crippen molar-refractivity contribution in [1.29, 1.82) is 5.26 Å². The maximum absolute atomic E-state index is 12.7. The van der Waals surface area contributed by atoms with Gasteiger partial charge >= 0.3 is 0 Å². The standard InChI is InChI=1S/C27H26N4O3/c1-33-25-9-5-7-21(27(25)34-2)23(22-15-30-24-8-4-3-6-20(22)24)16-31-26(32)17-29-19-12-10-18(14-28)11-13-19/h3-13,15,23,29-30H,16-17H2,1-2H3,(H,31,32). The number of methoxy groups -OCH3 is 2. The van der Waals surface area contributed by atoms with Crippen molar-refractivity contribution in [2.45, 2.75) is 5.92 Å². The summed E-state index contributed by atoms with van der Waals surface area (Å²) in [6.07, 6.45) is 1.98. The quantitative estimate of drug-likeness (QED) is 0.348. The van der Waals surface area contributed by atoms with Crippen LogP contribution >= 0.6 is 0 Å². The van der Waals surface area contributed by atoms with Crippen molar-refractivity contribution in [3.8, 4) is 17.6 Å². The van der Waals surface area contributed by atoms with Crippen LogP contribution in [0.5, 0.6) is 11.5 Å². The van der Waals surface area contributed by atoms with E-state index in [-0.39, 0.29) is 18.4 Å². The van der Waals surface area contributed by atoms with E-state index in [1.54, 1.807) is 38.5 Å². The average Bonchev–Trinajstić information content (AvgIpc) is 3.31. The molecule has 1 unspecified atom stereocenters. The van der Waals surface area contributed by atoms with E-state index in [2.05, 4.69) is 27.8 Å². The first-order valence-corrected chi connectivity index (χ1v) is 10.9. The smallest absolute Gasteiger partial charge is 0.239 e.